The first-order valence-electron chi connectivity index (χ1n) is 44.5. The number of carbonyl (C=O) groups is 20. The Morgan fingerprint density at radius 2 is 0.935 bits per heavy atom. The van der Waals surface area contributed by atoms with Gasteiger partial charge in [-0.05, 0) is 130 Å². The van der Waals surface area contributed by atoms with Gasteiger partial charge >= 0.3 is 17.9 Å². The van der Waals surface area contributed by atoms with Crippen LogP contribution in [0.4, 0.5) is 0 Å². The van der Waals surface area contributed by atoms with Crippen molar-refractivity contribution < 1.29 is 127 Å². The Balaban J connectivity index is 1.31. The standard InChI is InChI=1S/C89H124N22O26S2/c1-7-44(2)72(87(136)107-63(40-67(91)116)83(132)105-62(39-66(90)115)82(131)103-60(36-47-22-24-50(114)25-23-47)85(134)109-73(45(3)112)75(92)124)108-79(128)57(27-29-70(120)121)101-76(125)55(20-15-32-95-89(93)94)99-84(133)64(41-71(122)123)106-81(130)61(37-48-42-96-53-18-12-10-16-51(48)53)104-77(126)56(26-28-69(118)119)100-78(127)59(31-35-139-6)102-86(135)65(38-49-43-97-54-19-13-11-17-52(49)54)111-33-14-8-9-21-68(117)98-58(30-34-138-5)80(129)110-74(46(4)113)88(111)137/h8,10-14,16-19,22-25,42-46,55-65,72-74,96-97,112-114H,7,9,15,20-21,26-41H2,1-6H3,(H2,90,115)(H2,91,116)(H2,92,124)(H,98,117)(H,99,133)(H,100,127)(H,101,125)(H,102,135)(H,103,131)(H,104,126)(H,105,132)(H,106,130)(H,107,136)(H,108,128)(H,109,134)(H,110,129)(H,118,119)(H,120,121)(H,122,123)(H4,93,94,95)/b14-8+/t44-,45+,46+,55-,56-,57-,58-,59-,60-,61-,62-,63-,64-,65-,72-,73-,74-/m0/s1. The molecule has 2 aromatic heterocycles. The van der Waals surface area contributed by atoms with Crippen molar-refractivity contribution in [3.8, 4) is 5.75 Å². The second-order valence-electron chi connectivity index (χ2n) is 33.3. The molecule has 0 saturated heterocycles. The summed E-state index contributed by atoms with van der Waals surface area (Å²) < 4.78 is 0. The van der Waals surface area contributed by atoms with Crippen LogP contribution >= 0.6 is 23.5 Å². The zero-order valence-electron chi connectivity index (χ0n) is 77.3. The number of rotatable bonds is 56. The second-order valence-corrected chi connectivity index (χ2v) is 35.2. The molecule has 0 aliphatic carbocycles. The molecule has 3 aromatic carbocycles. The van der Waals surface area contributed by atoms with Crippen LogP contribution in [0.2, 0.25) is 0 Å². The molecule has 3 heterocycles. The number of benzene rings is 3. The summed E-state index contributed by atoms with van der Waals surface area (Å²) in [6.45, 7) is 4.74. The average Bonchev–Trinajstić information content (AvgIpc) is 1.75. The van der Waals surface area contributed by atoms with Crippen LogP contribution in [0.15, 0.2) is 97.3 Å². The minimum Gasteiger partial charge on any atom is -0.508 e. The van der Waals surface area contributed by atoms with Gasteiger partial charge in [-0.1, -0.05) is 81.0 Å². The van der Waals surface area contributed by atoms with E-state index in [4.69, 9.17) is 28.3 Å². The van der Waals surface area contributed by atoms with Crippen LogP contribution in [-0.2, 0) is 115 Å². The molecule has 17 amide bonds. The summed E-state index contributed by atoms with van der Waals surface area (Å²) in [4.78, 5) is 287. The predicted octanol–water partition coefficient (Wildman–Crippen LogP) is -4.75. The molecule has 31 N–H and O–H groups in total. The Hall–Kier alpha value is -14.4. The molecule has 0 bridgehead atoms. The largest absolute Gasteiger partial charge is 0.508 e. The maximum Gasteiger partial charge on any atom is 0.305 e. The van der Waals surface area contributed by atoms with Crippen LogP contribution in [0.25, 0.3) is 21.8 Å². The monoisotopic (exact) mass is 1980 g/mol. The number of phenols is 1. The number of aromatic nitrogens is 2. The van der Waals surface area contributed by atoms with E-state index in [1.807, 2.05) is 0 Å². The number of thioether (sulfide) groups is 2. The summed E-state index contributed by atoms with van der Waals surface area (Å²) in [5, 5.41) is 105. The Bertz CT molecular complexity index is 5250. The third kappa shape index (κ3) is 36.9. The summed E-state index contributed by atoms with van der Waals surface area (Å²) in [6, 6.07) is -6.73. The fourth-order valence-corrected chi connectivity index (χ4v) is 15.7. The van der Waals surface area contributed by atoms with Crippen LogP contribution < -0.4 is 97.4 Å². The number of para-hydroxylation sites is 2. The van der Waals surface area contributed by atoms with E-state index >= 15 is 24.0 Å². The molecule has 758 valence electrons. The molecule has 1 aliphatic rings. The third-order valence-corrected chi connectivity index (χ3v) is 23.8. The number of phenolic OH excluding ortho intramolecular Hbond substituents is 1. The van der Waals surface area contributed by atoms with Crippen LogP contribution in [0.3, 0.4) is 0 Å². The number of carboxylic acid groups (broad SMARTS) is 3. The van der Waals surface area contributed by atoms with Gasteiger partial charge < -0.3 is 143 Å². The van der Waals surface area contributed by atoms with E-state index < -0.39 is 291 Å². The number of carboxylic acids is 3. The van der Waals surface area contributed by atoms with Crippen molar-refractivity contribution in [3.05, 3.63) is 114 Å². The van der Waals surface area contributed by atoms with Crippen molar-refractivity contribution >= 4 is 170 Å². The first-order valence-corrected chi connectivity index (χ1v) is 47.3. The first-order chi connectivity index (χ1) is 65.8. The lowest BCUT2D eigenvalue weighted by Crippen LogP contribution is -2.63. The second kappa shape index (κ2) is 56.3. The number of aromatic hydroxyl groups is 1. The number of nitrogens with one attached hydrogen (secondary N) is 17. The van der Waals surface area contributed by atoms with Gasteiger partial charge in [0, 0.05) is 85.8 Å². The molecule has 0 saturated carbocycles. The number of nitrogens with zero attached hydrogens (tertiary/aromatic N) is 1. The molecule has 139 heavy (non-hydrogen) atoms. The lowest BCUT2D eigenvalue weighted by molar-refractivity contribution is -0.146. The highest BCUT2D eigenvalue weighted by atomic mass is 32.2. The van der Waals surface area contributed by atoms with Crippen molar-refractivity contribution in [1.82, 2.24) is 89.3 Å². The SMILES string of the molecule is CC[C@H](C)[C@H](NC(=O)[C@H](CCC(=O)O)NC(=O)[C@H](CCCNC(=N)N)NC(=O)[C@H](CC(=O)O)NC(=O)[C@H](Cc1c[nH]c2ccccc12)NC(=O)[C@H](CCC(=O)O)NC(=O)[C@H](CCSC)NC(=O)[C@H](Cc1c[nH]c2ccccc12)N1C/C=C/CCC(=O)N[C@@H](CCSC)C(=O)N[C@@H]([C@@H](C)O)C1=O)C(=O)N[C@@H](CC(N)=O)C(=O)N[C@@H](CC(N)=O)C(=O)N[C@@H](Cc1ccc(O)cc1)C(=O)N[C@H](C(N)=O)[C@@H](C)O. The van der Waals surface area contributed by atoms with Gasteiger partial charge in [0.1, 0.15) is 90.3 Å². The van der Waals surface area contributed by atoms with E-state index in [0.717, 1.165) is 11.8 Å². The number of nitrogens with two attached hydrogens (primary N) is 4. The normalized spacial score (nSPS) is 16.9. The summed E-state index contributed by atoms with van der Waals surface area (Å²) in [5.41, 5.74) is 24.2. The maximum absolute atomic E-state index is 15.5. The van der Waals surface area contributed by atoms with Gasteiger partial charge in [0.25, 0.3) is 0 Å². The number of guanidine groups is 1. The van der Waals surface area contributed by atoms with E-state index in [0.29, 0.717) is 38.7 Å². The van der Waals surface area contributed by atoms with Crippen LogP contribution in [-0.4, -0.2) is 304 Å². The van der Waals surface area contributed by atoms with Gasteiger partial charge in [0.15, 0.2) is 5.96 Å². The number of primary amides is 3. The van der Waals surface area contributed by atoms with Gasteiger partial charge in [-0.25, -0.2) is 0 Å². The number of H-pyrrole nitrogens is 2. The lowest BCUT2D eigenvalue weighted by atomic mass is 9.96. The molecule has 0 fully saturated rings. The van der Waals surface area contributed by atoms with E-state index in [-0.39, 0.29) is 75.1 Å². The Morgan fingerprint density at radius 1 is 0.496 bits per heavy atom. The molecule has 6 rings (SSSR count). The van der Waals surface area contributed by atoms with E-state index in [1.165, 1.54) is 80.8 Å². The fourth-order valence-electron chi connectivity index (χ4n) is 14.8. The average molecular weight is 1980 g/mol. The van der Waals surface area contributed by atoms with Gasteiger partial charge in [0.05, 0.1) is 31.5 Å². The minimum absolute atomic E-state index is 0.0142. The van der Waals surface area contributed by atoms with Crippen molar-refractivity contribution in [3.63, 3.8) is 0 Å². The van der Waals surface area contributed by atoms with Crippen molar-refractivity contribution in [1.29, 1.82) is 5.41 Å². The van der Waals surface area contributed by atoms with Crippen molar-refractivity contribution in [2.75, 3.05) is 37.1 Å². The number of aromatic amines is 2. The minimum atomic E-state index is -2.23. The lowest BCUT2D eigenvalue weighted by Gasteiger charge is -2.35. The number of aliphatic hydroxyl groups is 2. The van der Waals surface area contributed by atoms with Gasteiger partial charge in [-0.3, -0.25) is 101 Å². The van der Waals surface area contributed by atoms with Crippen LogP contribution in [0.1, 0.15) is 134 Å². The Morgan fingerprint density at radius 3 is 1.42 bits per heavy atom. The number of amides is 17. The molecule has 0 unspecified atom stereocenters. The predicted molar refractivity (Wildman–Crippen MR) is 506 cm³/mol. The number of aliphatic hydroxyl groups excluding tert-OH is 2. The number of hydrogen-bond acceptors (Lipinski definition) is 26. The molecule has 50 heteroatoms. The topological polar surface area (TPSA) is 794 Å². The summed E-state index contributed by atoms with van der Waals surface area (Å²) in [7, 11) is 0. The quantitative estimate of drug-likeness (QED) is 0.00752. The van der Waals surface area contributed by atoms with Crippen molar-refractivity contribution in [2.45, 2.75) is 234 Å². The third-order valence-electron chi connectivity index (χ3n) is 22.5. The number of fused-ring (bicyclic) bond motifs is 2. The Kier molecular flexibility index (Phi) is 45.9. The number of hydrogen-bond donors (Lipinski definition) is 27. The van der Waals surface area contributed by atoms with Crippen molar-refractivity contribution in [2.24, 2.45) is 28.9 Å². The summed E-state index contributed by atoms with van der Waals surface area (Å²) in [5.74, 6) is -25.8. The van der Waals surface area contributed by atoms with Gasteiger partial charge in [-0.15, -0.1) is 0 Å². The smallest absolute Gasteiger partial charge is 0.305 e. The Labute approximate surface area is 806 Å². The highest BCUT2D eigenvalue weighted by Crippen LogP contribution is 2.25. The van der Waals surface area contributed by atoms with Gasteiger partial charge in [-0.2, -0.15) is 23.5 Å². The number of allylic oxidation sites excluding steroid dienone is 1. The first kappa shape index (κ1) is 113. The molecular formula is C89H124N22O26S2. The zero-order chi connectivity index (χ0) is 103. The highest BCUT2D eigenvalue weighted by Gasteiger charge is 2.43. The zero-order valence-corrected chi connectivity index (χ0v) is 79.0. The molecule has 5 aromatic rings. The highest BCUT2D eigenvalue weighted by molar-refractivity contribution is 7.98. The molecule has 17 atom stereocenters. The molecule has 1 aliphatic heterocycles. The maximum atomic E-state index is 15.5. The number of aliphatic carboxylic acids is 3. The van der Waals surface area contributed by atoms with Gasteiger partial charge in [0.2, 0.25) is 100 Å². The molecule has 48 nitrogen and oxygen atoms in total. The molecular weight excluding hydrogens is 1860 g/mol. The molecule has 0 spiro atoms. The number of carbonyl (C=O) groups excluding carboxylic acids is 17. The van der Waals surface area contributed by atoms with Crippen LogP contribution in [0, 0.1) is 11.3 Å². The molecule has 0 radical (unpaired) electrons. The fraction of sp³-hybridized carbons (Fsp3) is 0.494. The van der Waals surface area contributed by atoms with Crippen LogP contribution in [0.5, 0.6) is 5.75 Å². The summed E-state index contributed by atoms with van der Waals surface area (Å²) in [6.07, 6.45) is -2.10. The van der Waals surface area contributed by atoms with E-state index in [1.54, 1.807) is 73.3 Å². The van der Waals surface area contributed by atoms with E-state index in [2.05, 4.69) is 84.4 Å². The summed E-state index contributed by atoms with van der Waals surface area (Å²) >= 11 is 2.62. The van der Waals surface area contributed by atoms with E-state index in [9.17, 15) is 103 Å².